The van der Waals surface area contributed by atoms with E-state index in [0.717, 1.165) is 6.08 Å². The molecule has 1 unspecified atom stereocenters. The van der Waals surface area contributed by atoms with Crippen LogP contribution in [0.2, 0.25) is 0 Å². The third-order valence-corrected chi connectivity index (χ3v) is 6.67. The zero-order chi connectivity index (χ0) is 22.7. The summed E-state index contributed by atoms with van der Waals surface area (Å²) < 4.78 is 103. The van der Waals surface area contributed by atoms with E-state index in [4.69, 9.17) is 0 Å². The SMILES string of the molecule is C=CC(NC(=O)c1cc(C(F)(F)F)cc(C(F)(F)F)c1)S(=O)(=O)CC1CCNCC1. The Bertz CT molecular complexity index is 858. The number of carbonyl (C=O) groups excluding carboxylic acids is 1. The number of benzene rings is 1. The predicted octanol–water partition coefficient (Wildman–Crippen LogP) is 3.38. The topological polar surface area (TPSA) is 75.3 Å². The van der Waals surface area contributed by atoms with Crippen LogP contribution in [0.3, 0.4) is 0 Å². The van der Waals surface area contributed by atoms with Crippen LogP contribution in [0.4, 0.5) is 26.3 Å². The normalized spacial score (nSPS) is 17.4. The first-order chi connectivity index (χ1) is 13.7. The lowest BCUT2D eigenvalue weighted by atomic mass is 10.0. The first kappa shape index (κ1) is 24.2. The molecule has 168 valence electrons. The van der Waals surface area contributed by atoms with Gasteiger partial charge >= 0.3 is 12.4 Å². The number of hydrogen-bond acceptors (Lipinski definition) is 4. The fourth-order valence-electron chi connectivity index (χ4n) is 3.07. The van der Waals surface area contributed by atoms with Gasteiger partial charge in [-0.05, 0) is 50.0 Å². The van der Waals surface area contributed by atoms with E-state index in [1.807, 2.05) is 5.32 Å². The van der Waals surface area contributed by atoms with Gasteiger partial charge in [-0.2, -0.15) is 26.3 Å². The standard InChI is InChI=1S/C18H20F6N2O3S/c1-2-15(30(28,29)10-11-3-5-25-6-4-11)26-16(27)12-7-13(17(19,20)21)9-14(8-12)18(22,23)24/h2,7-9,11,15,25H,1,3-6,10H2,(H,26,27). The number of nitrogens with one attached hydrogen (secondary N) is 2. The first-order valence-corrected chi connectivity index (χ1v) is 10.6. The molecular weight excluding hydrogens is 438 g/mol. The number of piperidine rings is 1. The molecule has 1 aromatic carbocycles. The highest BCUT2D eigenvalue weighted by Gasteiger charge is 2.38. The fraction of sp³-hybridized carbons (Fsp3) is 0.500. The van der Waals surface area contributed by atoms with Gasteiger partial charge in [-0.1, -0.05) is 6.08 Å². The van der Waals surface area contributed by atoms with Gasteiger partial charge in [0.1, 0.15) is 5.37 Å². The molecule has 12 heteroatoms. The number of carbonyl (C=O) groups is 1. The molecule has 1 fully saturated rings. The van der Waals surface area contributed by atoms with Crippen LogP contribution in [0.5, 0.6) is 0 Å². The Balaban J connectivity index is 2.29. The monoisotopic (exact) mass is 458 g/mol. The average molecular weight is 458 g/mol. The molecule has 0 spiro atoms. The van der Waals surface area contributed by atoms with Crippen LogP contribution in [0.15, 0.2) is 30.9 Å². The number of alkyl halides is 6. The molecule has 0 saturated carbocycles. The van der Waals surface area contributed by atoms with Crippen molar-refractivity contribution in [3.8, 4) is 0 Å². The van der Waals surface area contributed by atoms with Crippen molar-refractivity contribution < 1.29 is 39.6 Å². The molecule has 0 radical (unpaired) electrons. The quantitative estimate of drug-likeness (QED) is 0.506. The van der Waals surface area contributed by atoms with Crippen LogP contribution in [0.1, 0.15) is 34.3 Å². The van der Waals surface area contributed by atoms with Gasteiger partial charge in [0.05, 0.1) is 16.9 Å². The lowest BCUT2D eigenvalue weighted by Crippen LogP contribution is -2.42. The van der Waals surface area contributed by atoms with Crippen molar-refractivity contribution in [3.63, 3.8) is 0 Å². The Hall–Kier alpha value is -2.08. The van der Waals surface area contributed by atoms with Crippen molar-refractivity contribution in [2.45, 2.75) is 30.6 Å². The highest BCUT2D eigenvalue weighted by Crippen LogP contribution is 2.36. The van der Waals surface area contributed by atoms with Crippen LogP contribution in [0.25, 0.3) is 0 Å². The smallest absolute Gasteiger partial charge is 0.332 e. The molecule has 1 saturated heterocycles. The zero-order valence-corrected chi connectivity index (χ0v) is 16.4. The molecule has 1 amide bonds. The zero-order valence-electron chi connectivity index (χ0n) is 15.6. The van der Waals surface area contributed by atoms with Crippen molar-refractivity contribution in [1.82, 2.24) is 10.6 Å². The van der Waals surface area contributed by atoms with Crippen molar-refractivity contribution >= 4 is 15.7 Å². The van der Waals surface area contributed by atoms with Gasteiger partial charge in [-0.25, -0.2) is 8.42 Å². The maximum Gasteiger partial charge on any atom is 0.416 e. The van der Waals surface area contributed by atoms with Gasteiger partial charge in [0.15, 0.2) is 9.84 Å². The average Bonchev–Trinajstić information content (AvgIpc) is 2.64. The van der Waals surface area contributed by atoms with Crippen molar-refractivity contribution in [2.24, 2.45) is 5.92 Å². The second-order valence-corrected chi connectivity index (χ2v) is 9.11. The molecule has 1 atom stereocenters. The minimum atomic E-state index is -5.13. The van der Waals surface area contributed by atoms with E-state index < -0.39 is 50.2 Å². The first-order valence-electron chi connectivity index (χ1n) is 8.89. The summed E-state index contributed by atoms with van der Waals surface area (Å²) in [6.07, 6.45) is -8.21. The van der Waals surface area contributed by atoms with E-state index >= 15 is 0 Å². The van der Waals surface area contributed by atoms with E-state index in [0.29, 0.717) is 25.9 Å². The van der Waals surface area contributed by atoms with Gasteiger partial charge in [-0.3, -0.25) is 4.79 Å². The molecule has 1 aromatic rings. The fourth-order valence-corrected chi connectivity index (χ4v) is 4.85. The summed E-state index contributed by atoms with van der Waals surface area (Å²) in [5.74, 6) is -1.85. The molecule has 0 aliphatic carbocycles. The Morgan fingerprint density at radius 3 is 2.03 bits per heavy atom. The van der Waals surface area contributed by atoms with Crippen LogP contribution >= 0.6 is 0 Å². The van der Waals surface area contributed by atoms with Gasteiger partial charge in [-0.15, -0.1) is 6.58 Å². The molecule has 30 heavy (non-hydrogen) atoms. The summed E-state index contributed by atoms with van der Waals surface area (Å²) in [6, 6.07) is 0.365. The summed E-state index contributed by atoms with van der Waals surface area (Å²) in [5, 5.41) is 3.39. The van der Waals surface area contributed by atoms with Crippen molar-refractivity contribution in [2.75, 3.05) is 18.8 Å². The Morgan fingerprint density at radius 2 is 1.60 bits per heavy atom. The number of halogens is 6. The van der Waals surface area contributed by atoms with Crippen LogP contribution in [-0.2, 0) is 22.2 Å². The minimum Gasteiger partial charge on any atom is -0.332 e. The number of rotatable bonds is 6. The largest absolute Gasteiger partial charge is 0.416 e. The minimum absolute atomic E-state index is 0.115. The van der Waals surface area contributed by atoms with Crippen LogP contribution in [-0.4, -0.2) is 38.5 Å². The molecule has 0 aromatic heterocycles. The number of hydrogen-bond donors (Lipinski definition) is 2. The van der Waals surface area contributed by atoms with E-state index in [9.17, 15) is 39.6 Å². The molecule has 1 aliphatic rings. The van der Waals surface area contributed by atoms with Gasteiger partial charge in [0.2, 0.25) is 0 Å². The predicted molar refractivity (Wildman–Crippen MR) is 97.3 cm³/mol. The second kappa shape index (κ2) is 8.96. The molecule has 1 aliphatic heterocycles. The molecule has 2 rings (SSSR count). The highest BCUT2D eigenvalue weighted by atomic mass is 32.2. The van der Waals surface area contributed by atoms with Gasteiger partial charge < -0.3 is 10.6 Å². The number of sulfone groups is 1. The van der Waals surface area contributed by atoms with E-state index in [-0.39, 0.29) is 29.9 Å². The molecular formula is C18H20F6N2O3S. The van der Waals surface area contributed by atoms with E-state index in [2.05, 4.69) is 11.9 Å². The Kier molecular flexibility index (Phi) is 7.23. The maximum absolute atomic E-state index is 13.0. The maximum atomic E-state index is 13.0. The molecule has 0 bridgehead atoms. The van der Waals surface area contributed by atoms with Gasteiger partial charge in [0, 0.05) is 5.56 Å². The van der Waals surface area contributed by atoms with Crippen LogP contribution in [0, 0.1) is 5.92 Å². The Labute approximate surface area is 169 Å². The van der Waals surface area contributed by atoms with Crippen molar-refractivity contribution in [1.29, 1.82) is 0 Å². The number of amides is 1. The van der Waals surface area contributed by atoms with Crippen molar-refractivity contribution in [3.05, 3.63) is 47.5 Å². The third kappa shape index (κ3) is 6.21. The summed E-state index contributed by atoms with van der Waals surface area (Å²) in [6.45, 7) is 4.56. The highest BCUT2D eigenvalue weighted by molar-refractivity contribution is 7.92. The Morgan fingerprint density at radius 1 is 1.10 bits per heavy atom. The van der Waals surface area contributed by atoms with E-state index in [1.54, 1.807) is 0 Å². The lowest BCUT2D eigenvalue weighted by molar-refractivity contribution is -0.143. The lowest BCUT2D eigenvalue weighted by Gasteiger charge is -2.24. The molecule has 1 heterocycles. The van der Waals surface area contributed by atoms with Gasteiger partial charge in [0.25, 0.3) is 5.91 Å². The molecule has 5 nitrogen and oxygen atoms in total. The van der Waals surface area contributed by atoms with E-state index in [1.165, 1.54) is 0 Å². The summed E-state index contributed by atoms with van der Waals surface area (Å²) in [5.41, 5.74) is -4.30. The molecule has 2 N–H and O–H groups in total. The third-order valence-electron chi connectivity index (χ3n) is 4.65. The summed E-state index contributed by atoms with van der Waals surface area (Å²) in [4.78, 5) is 12.3. The second-order valence-electron chi connectivity index (χ2n) is 6.95. The summed E-state index contributed by atoms with van der Waals surface area (Å²) >= 11 is 0. The summed E-state index contributed by atoms with van der Waals surface area (Å²) in [7, 11) is -3.97. The van der Waals surface area contributed by atoms with Crippen LogP contribution < -0.4 is 10.6 Å².